The Labute approximate surface area is 145 Å². The Morgan fingerprint density at radius 3 is 2.50 bits per heavy atom. The third-order valence-electron chi connectivity index (χ3n) is 2.97. The molecule has 2 aromatic carbocycles. The van der Waals surface area contributed by atoms with E-state index in [1.807, 2.05) is 36.4 Å². The highest BCUT2D eigenvalue weighted by Gasteiger charge is 2.10. The van der Waals surface area contributed by atoms with Gasteiger partial charge in [-0.2, -0.15) is 5.10 Å². The quantitative estimate of drug-likeness (QED) is 0.626. The van der Waals surface area contributed by atoms with Gasteiger partial charge in [0.15, 0.2) is 0 Å². The number of hydrogen-bond donors (Lipinski definition) is 2. The average Bonchev–Trinajstić information content (AvgIpc) is 2.60. The maximum atomic E-state index is 11.9. The van der Waals surface area contributed by atoms with Gasteiger partial charge in [0.05, 0.1) is 17.1 Å². The number of halogens is 1. The minimum absolute atomic E-state index is 0.191. The number of benzene rings is 2. The summed E-state index contributed by atoms with van der Waals surface area (Å²) in [6.07, 6.45) is 5.02. The van der Waals surface area contributed by atoms with E-state index < -0.39 is 11.8 Å². The fourth-order valence-electron chi connectivity index (χ4n) is 1.81. The minimum Gasteiger partial charge on any atom is -0.343 e. The first-order valence-electron chi connectivity index (χ1n) is 7.23. The van der Waals surface area contributed by atoms with E-state index in [-0.39, 0.29) is 6.54 Å². The van der Waals surface area contributed by atoms with E-state index in [0.717, 1.165) is 5.56 Å². The summed E-state index contributed by atoms with van der Waals surface area (Å²) in [5.41, 5.74) is 3.67. The predicted octanol–water partition coefficient (Wildman–Crippen LogP) is 2.89. The fraction of sp³-hybridized carbons (Fsp3) is 0.0556. The lowest BCUT2D eigenvalue weighted by Crippen LogP contribution is -2.35. The molecule has 0 unspecified atom stereocenters. The van der Waals surface area contributed by atoms with E-state index in [0.29, 0.717) is 10.6 Å². The van der Waals surface area contributed by atoms with Crippen molar-refractivity contribution in [2.24, 2.45) is 5.10 Å². The van der Waals surface area contributed by atoms with Crippen LogP contribution in [0.4, 0.5) is 0 Å². The second-order valence-corrected chi connectivity index (χ2v) is 5.15. The summed E-state index contributed by atoms with van der Waals surface area (Å²) >= 11 is 5.91. The van der Waals surface area contributed by atoms with E-state index in [2.05, 4.69) is 15.8 Å². The molecule has 0 spiro atoms. The summed E-state index contributed by atoms with van der Waals surface area (Å²) in [7, 11) is 0. The van der Waals surface area contributed by atoms with Gasteiger partial charge in [0.1, 0.15) is 0 Å². The molecule has 0 atom stereocenters. The van der Waals surface area contributed by atoms with Crippen LogP contribution in [0.2, 0.25) is 5.02 Å². The van der Waals surface area contributed by atoms with Crippen molar-refractivity contribution in [3.63, 3.8) is 0 Å². The van der Waals surface area contributed by atoms with Crippen molar-refractivity contribution in [3.8, 4) is 0 Å². The number of hydrazone groups is 1. The van der Waals surface area contributed by atoms with Gasteiger partial charge in [0, 0.05) is 6.21 Å². The smallest absolute Gasteiger partial charge is 0.259 e. The SMILES string of the molecule is O=C(CNC(=O)c1ccccc1Cl)NN=CC=Cc1ccccc1. The first kappa shape index (κ1) is 17.4. The largest absolute Gasteiger partial charge is 0.343 e. The van der Waals surface area contributed by atoms with Crippen LogP contribution in [0, 0.1) is 0 Å². The van der Waals surface area contributed by atoms with Crippen LogP contribution in [0.3, 0.4) is 0 Å². The predicted molar refractivity (Wildman–Crippen MR) is 95.9 cm³/mol. The van der Waals surface area contributed by atoms with Gasteiger partial charge >= 0.3 is 0 Å². The van der Waals surface area contributed by atoms with Crippen molar-refractivity contribution in [2.75, 3.05) is 6.54 Å². The Hall–Kier alpha value is -2.92. The summed E-state index contributed by atoms with van der Waals surface area (Å²) in [5, 5.41) is 6.58. The lowest BCUT2D eigenvalue weighted by molar-refractivity contribution is -0.120. The molecule has 24 heavy (non-hydrogen) atoms. The van der Waals surface area contributed by atoms with Gasteiger partial charge in [-0.25, -0.2) is 5.43 Å². The Kier molecular flexibility index (Phi) is 6.73. The zero-order valence-electron chi connectivity index (χ0n) is 12.8. The number of nitrogens with one attached hydrogen (secondary N) is 2. The van der Waals surface area contributed by atoms with E-state index in [9.17, 15) is 9.59 Å². The van der Waals surface area contributed by atoms with E-state index >= 15 is 0 Å². The highest BCUT2D eigenvalue weighted by molar-refractivity contribution is 6.33. The van der Waals surface area contributed by atoms with Crippen molar-refractivity contribution in [1.82, 2.24) is 10.7 Å². The van der Waals surface area contributed by atoms with Crippen LogP contribution in [0.15, 0.2) is 65.8 Å². The molecule has 0 saturated carbocycles. The van der Waals surface area contributed by atoms with Crippen LogP contribution >= 0.6 is 11.6 Å². The topological polar surface area (TPSA) is 70.6 Å². The normalized spacial score (nSPS) is 10.9. The molecule has 2 amide bonds. The number of nitrogens with zero attached hydrogens (tertiary/aromatic N) is 1. The first-order valence-corrected chi connectivity index (χ1v) is 7.61. The third kappa shape index (κ3) is 5.70. The average molecular weight is 342 g/mol. The second kappa shape index (κ2) is 9.27. The zero-order chi connectivity index (χ0) is 17.2. The molecule has 0 aromatic heterocycles. The third-order valence-corrected chi connectivity index (χ3v) is 3.30. The number of rotatable bonds is 6. The summed E-state index contributed by atoms with van der Waals surface area (Å²) in [6, 6.07) is 16.3. The standard InChI is InChI=1S/C18H16ClN3O2/c19-16-11-5-4-10-15(16)18(24)20-13-17(23)22-21-12-6-9-14-7-2-1-3-8-14/h1-12H,13H2,(H,20,24)(H,22,23). The minimum atomic E-state index is -0.431. The van der Waals surface area contributed by atoms with Crippen LogP contribution in [-0.2, 0) is 4.79 Å². The molecule has 2 rings (SSSR count). The van der Waals surface area contributed by atoms with E-state index in [1.165, 1.54) is 6.21 Å². The van der Waals surface area contributed by atoms with Crippen LogP contribution < -0.4 is 10.7 Å². The summed E-state index contributed by atoms with van der Waals surface area (Å²) in [4.78, 5) is 23.5. The molecular formula is C18H16ClN3O2. The van der Waals surface area contributed by atoms with Gasteiger partial charge in [-0.05, 0) is 23.8 Å². The van der Waals surface area contributed by atoms with Gasteiger partial charge < -0.3 is 5.32 Å². The lowest BCUT2D eigenvalue weighted by atomic mass is 10.2. The monoisotopic (exact) mass is 341 g/mol. The molecule has 0 heterocycles. The molecule has 0 aliphatic rings. The van der Waals surface area contributed by atoms with Crippen LogP contribution in [0.1, 0.15) is 15.9 Å². The molecule has 0 saturated heterocycles. The molecule has 122 valence electrons. The van der Waals surface area contributed by atoms with Gasteiger partial charge in [-0.1, -0.05) is 60.1 Å². The lowest BCUT2D eigenvalue weighted by Gasteiger charge is -2.05. The molecule has 0 aliphatic carbocycles. The molecule has 0 fully saturated rings. The maximum Gasteiger partial charge on any atom is 0.259 e. The zero-order valence-corrected chi connectivity index (χ0v) is 13.5. The summed E-state index contributed by atoms with van der Waals surface area (Å²) < 4.78 is 0. The fourth-order valence-corrected chi connectivity index (χ4v) is 2.03. The number of hydrogen-bond acceptors (Lipinski definition) is 3. The van der Waals surface area contributed by atoms with Crippen molar-refractivity contribution >= 4 is 35.7 Å². The van der Waals surface area contributed by atoms with E-state index in [1.54, 1.807) is 30.3 Å². The molecule has 0 bridgehead atoms. The Balaban J connectivity index is 1.73. The molecule has 5 nitrogen and oxygen atoms in total. The summed E-state index contributed by atoms with van der Waals surface area (Å²) in [5.74, 6) is -0.844. The van der Waals surface area contributed by atoms with Crippen molar-refractivity contribution in [2.45, 2.75) is 0 Å². The highest BCUT2D eigenvalue weighted by atomic mass is 35.5. The van der Waals surface area contributed by atoms with Gasteiger partial charge in [-0.15, -0.1) is 0 Å². The highest BCUT2D eigenvalue weighted by Crippen LogP contribution is 2.14. The summed E-state index contributed by atoms with van der Waals surface area (Å²) in [6.45, 7) is -0.191. The first-order chi connectivity index (χ1) is 11.7. The molecule has 2 aromatic rings. The van der Waals surface area contributed by atoms with Crippen molar-refractivity contribution in [1.29, 1.82) is 0 Å². The molecular weight excluding hydrogens is 326 g/mol. The second-order valence-electron chi connectivity index (χ2n) is 4.75. The van der Waals surface area contributed by atoms with E-state index in [4.69, 9.17) is 11.6 Å². The number of carbonyl (C=O) groups excluding carboxylic acids is 2. The van der Waals surface area contributed by atoms with Gasteiger partial charge in [-0.3, -0.25) is 9.59 Å². The number of carbonyl (C=O) groups is 2. The van der Waals surface area contributed by atoms with Gasteiger partial charge in [0.2, 0.25) is 0 Å². The Bertz CT molecular complexity index is 758. The molecule has 6 heteroatoms. The van der Waals surface area contributed by atoms with Crippen LogP contribution in [-0.4, -0.2) is 24.6 Å². The van der Waals surface area contributed by atoms with Gasteiger partial charge in [0.25, 0.3) is 11.8 Å². The van der Waals surface area contributed by atoms with Crippen molar-refractivity contribution < 1.29 is 9.59 Å². The van der Waals surface area contributed by atoms with Crippen LogP contribution in [0.25, 0.3) is 6.08 Å². The Morgan fingerprint density at radius 2 is 1.75 bits per heavy atom. The Morgan fingerprint density at radius 1 is 1.04 bits per heavy atom. The molecule has 0 aliphatic heterocycles. The van der Waals surface area contributed by atoms with Crippen molar-refractivity contribution in [3.05, 3.63) is 76.8 Å². The van der Waals surface area contributed by atoms with Crippen LogP contribution in [0.5, 0.6) is 0 Å². The maximum absolute atomic E-state index is 11.9. The number of amides is 2. The number of allylic oxidation sites excluding steroid dienone is 1. The molecule has 2 N–H and O–H groups in total. The molecule has 0 radical (unpaired) electrons.